The molecule has 2 N–H and O–H groups in total. The van der Waals surface area contributed by atoms with Crippen LogP contribution in [0.1, 0.15) is 31.7 Å². The molecule has 20 heavy (non-hydrogen) atoms. The van der Waals surface area contributed by atoms with Crippen molar-refractivity contribution in [1.29, 1.82) is 0 Å². The van der Waals surface area contributed by atoms with E-state index in [-0.39, 0.29) is 6.04 Å². The SMILES string of the molecule is COc1ccc(OCCC2CCCO2)c(CC(C)N)c1. The summed E-state index contributed by atoms with van der Waals surface area (Å²) in [7, 11) is 1.67. The Morgan fingerprint density at radius 2 is 2.30 bits per heavy atom. The van der Waals surface area contributed by atoms with Crippen LogP contribution in [0.4, 0.5) is 0 Å². The van der Waals surface area contributed by atoms with E-state index in [1.807, 2.05) is 25.1 Å². The van der Waals surface area contributed by atoms with Gasteiger partial charge in [0, 0.05) is 19.1 Å². The van der Waals surface area contributed by atoms with Crippen LogP contribution in [0.3, 0.4) is 0 Å². The number of hydrogen-bond acceptors (Lipinski definition) is 4. The first-order valence-electron chi connectivity index (χ1n) is 7.36. The van der Waals surface area contributed by atoms with Crippen LogP contribution >= 0.6 is 0 Å². The molecule has 0 spiro atoms. The standard InChI is InChI=1S/C16H25NO3/c1-12(17)10-13-11-15(18-2)5-6-16(13)20-9-7-14-4-3-8-19-14/h5-6,11-12,14H,3-4,7-10,17H2,1-2H3. The van der Waals surface area contributed by atoms with Crippen molar-refractivity contribution >= 4 is 0 Å². The molecular weight excluding hydrogens is 254 g/mol. The molecule has 2 unspecified atom stereocenters. The average Bonchev–Trinajstić information content (AvgIpc) is 2.93. The Morgan fingerprint density at radius 3 is 2.95 bits per heavy atom. The molecule has 0 bridgehead atoms. The van der Waals surface area contributed by atoms with Gasteiger partial charge in [0.25, 0.3) is 0 Å². The summed E-state index contributed by atoms with van der Waals surface area (Å²) >= 11 is 0. The Hall–Kier alpha value is -1.26. The highest BCUT2D eigenvalue weighted by Crippen LogP contribution is 2.26. The van der Waals surface area contributed by atoms with Gasteiger partial charge in [-0.25, -0.2) is 0 Å². The van der Waals surface area contributed by atoms with Crippen LogP contribution in [0.2, 0.25) is 0 Å². The van der Waals surface area contributed by atoms with Crippen LogP contribution in [0, 0.1) is 0 Å². The summed E-state index contributed by atoms with van der Waals surface area (Å²) in [6.07, 6.45) is 4.42. The number of methoxy groups -OCH3 is 1. The van der Waals surface area contributed by atoms with Crippen LogP contribution in [0.5, 0.6) is 11.5 Å². The largest absolute Gasteiger partial charge is 0.497 e. The van der Waals surface area contributed by atoms with Crippen molar-refractivity contribution in [2.24, 2.45) is 5.73 Å². The molecule has 0 aliphatic carbocycles. The molecule has 4 heteroatoms. The molecule has 112 valence electrons. The highest BCUT2D eigenvalue weighted by molar-refractivity contribution is 5.40. The maximum absolute atomic E-state index is 5.91. The fraction of sp³-hybridized carbons (Fsp3) is 0.625. The first-order valence-corrected chi connectivity index (χ1v) is 7.36. The molecule has 0 saturated carbocycles. The van der Waals surface area contributed by atoms with Gasteiger partial charge in [0.15, 0.2) is 0 Å². The fourth-order valence-corrected chi connectivity index (χ4v) is 2.50. The Balaban J connectivity index is 1.94. The maximum atomic E-state index is 5.91. The van der Waals surface area contributed by atoms with Crippen molar-refractivity contribution in [3.05, 3.63) is 23.8 Å². The second kappa shape index (κ2) is 7.50. The molecule has 1 aromatic rings. The van der Waals surface area contributed by atoms with E-state index in [9.17, 15) is 0 Å². The van der Waals surface area contributed by atoms with Crippen molar-refractivity contribution in [2.75, 3.05) is 20.3 Å². The maximum Gasteiger partial charge on any atom is 0.122 e. The van der Waals surface area contributed by atoms with E-state index in [2.05, 4.69) is 0 Å². The van der Waals surface area contributed by atoms with Crippen molar-refractivity contribution in [2.45, 2.75) is 44.8 Å². The van der Waals surface area contributed by atoms with Gasteiger partial charge in [-0.2, -0.15) is 0 Å². The monoisotopic (exact) mass is 279 g/mol. The summed E-state index contributed by atoms with van der Waals surface area (Å²) in [4.78, 5) is 0. The number of nitrogens with two attached hydrogens (primary N) is 1. The van der Waals surface area contributed by atoms with Gasteiger partial charge in [0.1, 0.15) is 11.5 Å². The zero-order valence-electron chi connectivity index (χ0n) is 12.4. The lowest BCUT2D eigenvalue weighted by Gasteiger charge is -2.15. The molecule has 1 aliphatic rings. The molecule has 1 fully saturated rings. The summed E-state index contributed by atoms with van der Waals surface area (Å²) in [5.41, 5.74) is 7.00. The van der Waals surface area contributed by atoms with Gasteiger partial charge in [-0.3, -0.25) is 0 Å². The van der Waals surface area contributed by atoms with Crippen molar-refractivity contribution in [3.63, 3.8) is 0 Å². The van der Waals surface area contributed by atoms with Crippen LogP contribution in [0.15, 0.2) is 18.2 Å². The summed E-state index contributed by atoms with van der Waals surface area (Å²) < 4.78 is 16.8. The lowest BCUT2D eigenvalue weighted by atomic mass is 10.1. The van der Waals surface area contributed by atoms with E-state index < -0.39 is 0 Å². The highest BCUT2D eigenvalue weighted by atomic mass is 16.5. The summed E-state index contributed by atoms with van der Waals surface area (Å²) in [6, 6.07) is 5.99. The van der Waals surface area contributed by atoms with Crippen molar-refractivity contribution in [3.8, 4) is 11.5 Å². The zero-order chi connectivity index (χ0) is 14.4. The van der Waals surface area contributed by atoms with Gasteiger partial charge in [0.05, 0.1) is 19.8 Å². The smallest absolute Gasteiger partial charge is 0.122 e. The molecular formula is C16H25NO3. The quantitative estimate of drug-likeness (QED) is 0.833. The lowest BCUT2D eigenvalue weighted by Crippen LogP contribution is -2.19. The Labute approximate surface area is 121 Å². The molecule has 0 amide bonds. The molecule has 1 saturated heterocycles. The number of benzene rings is 1. The summed E-state index contributed by atoms with van der Waals surface area (Å²) in [6.45, 7) is 3.57. The highest BCUT2D eigenvalue weighted by Gasteiger charge is 2.15. The molecule has 1 aromatic carbocycles. The minimum Gasteiger partial charge on any atom is -0.497 e. The van der Waals surface area contributed by atoms with Crippen LogP contribution in [-0.2, 0) is 11.2 Å². The Kier molecular flexibility index (Phi) is 5.68. The van der Waals surface area contributed by atoms with Gasteiger partial charge < -0.3 is 19.9 Å². The summed E-state index contributed by atoms with van der Waals surface area (Å²) in [5.74, 6) is 1.74. The molecule has 1 heterocycles. The van der Waals surface area contributed by atoms with Crippen LogP contribution in [-0.4, -0.2) is 32.5 Å². The van der Waals surface area contributed by atoms with E-state index in [0.29, 0.717) is 12.7 Å². The van der Waals surface area contributed by atoms with E-state index in [0.717, 1.165) is 42.9 Å². The minimum absolute atomic E-state index is 0.0996. The van der Waals surface area contributed by atoms with E-state index >= 15 is 0 Å². The second-order valence-corrected chi connectivity index (χ2v) is 5.43. The molecule has 0 aromatic heterocycles. The predicted molar refractivity (Wildman–Crippen MR) is 79.4 cm³/mol. The average molecular weight is 279 g/mol. The number of rotatable bonds is 7. The third-order valence-corrected chi connectivity index (χ3v) is 3.53. The first-order chi connectivity index (χ1) is 9.69. The van der Waals surface area contributed by atoms with Crippen molar-refractivity contribution in [1.82, 2.24) is 0 Å². The number of ether oxygens (including phenoxy) is 3. The topological polar surface area (TPSA) is 53.7 Å². The van der Waals surface area contributed by atoms with Gasteiger partial charge in [0.2, 0.25) is 0 Å². The third-order valence-electron chi connectivity index (χ3n) is 3.53. The van der Waals surface area contributed by atoms with E-state index in [4.69, 9.17) is 19.9 Å². The lowest BCUT2D eigenvalue weighted by molar-refractivity contribution is 0.0902. The fourth-order valence-electron chi connectivity index (χ4n) is 2.50. The summed E-state index contributed by atoms with van der Waals surface area (Å²) in [5, 5.41) is 0. The first kappa shape index (κ1) is 15.1. The van der Waals surface area contributed by atoms with Gasteiger partial charge in [-0.15, -0.1) is 0 Å². The van der Waals surface area contributed by atoms with Crippen LogP contribution < -0.4 is 15.2 Å². The van der Waals surface area contributed by atoms with Gasteiger partial charge in [-0.05, 0) is 49.9 Å². The number of hydrogen-bond donors (Lipinski definition) is 1. The molecule has 4 nitrogen and oxygen atoms in total. The predicted octanol–water partition coefficient (Wildman–Crippen LogP) is 2.53. The second-order valence-electron chi connectivity index (χ2n) is 5.43. The van der Waals surface area contributed by atoms with E-state index in [1.165, 1.54) is 6.42 Å². The van der Waals surface area contributed by atoms with Crippen LogP contribution in [0.25, 0.3) is 0 Å². The minimum atomic E-state index is 0.0996. The zero-order valence-corrected chi connectivity index (χ0v) is 12.4. The van der Waals surface area contributed by atoms with Gasteiger partial charge in [-0.1, -0.05) is 0 Å². The van der Waals surface area contributed by atoms with E-state index in [1.54, 1.807) is 7.11 Å². The molecule has 2 rings (SSSR count). The molecule has 0 radical (unpaired) electrons. The normalized spacial score (nSPS) is 19.9. The Morgan fingerprint density at radius 1 is 1.45 bits per heavy atom. The molecule has 1 aliphatic heterocycles. The van der Waals surface area contributed by atoms with Gasteiger partial charge >= 0.3 is 0 Å². The molecule has 2 atom stereocenters. The van der Waals surface area contributed by atoms with Crippen molar-refractivity contribution < 1.29 is 14.2 Å². The third kappa shape index (κ3) is 4.39. The Bertz CT molecular complexity index is 414.